The van der Waals surface area contributed by atoms with E-state index in [0.29, 0.717) is 5.92 Å². The highest BCUT2D eigenvalue weighted by Crippen LogP contribution is 2.30. The largest absolute Gasteiger partial charge is 0.369 e. The Morgan fingerprint density at radius 3 is 2.35 bits per heavy atom. The minimum Gasteiger partial charge on any atom is -0.369 e. The number of carbonyl (C=O) groups excluding carboxylic acids is 1. The van der Waals surface area contributed by atoms with Crippen LogP contribution in [0, 0.1) is 0 Å². The molecule has 6 rings (SSSR count). The van der Waals surface area contributed by atoms with E-state index in [1.165, 1.54) is 28.6 Å². The summed E-state index contributed by atoms with van der Waals surface area (Å²) in [6.45, 7) is 7.20. The number of hydrogen-bond donors (Lipinski definition) is 1. The molecule has 1 amide bonds. The van der Waals surface area contributed by atoms with Gasteiger partial charge in [0, 0.05) is 72.6 Å². The van der Waals surface area contributed by atoms with E-state index < -0.39 is 0 Å². The Bertz CT molecular complexity index is 1400. The van der Waals surface area contributed by atoms with Crippen LogP contribution in [-0.2, 0) is 6.42 Å². The zero-order valence-corrected chi connectivity index (χ0v) is 24.0. The van der Waals surface area contributed by atoms with Gasteiger partial charge in [-0.3, -0.25) is 9.69 Å². The number of anilines is 1. The van der Waals surface area contributed by atoms with Crippen LogP contribution in [-0.4, -0.2) is 66.5 Å². The molecular formula is C34H39ClN4O. The molecule has 3 aromatic carbocycles. The Hall–Kier alpha value is -3.28. The van der Waals surface area contributed by atoms with Crippen LogP contribution in [0.25, 0.3) is 10.9 Å². The van der Waals surface area contributed by atoms with Gasteiger partial charge < -0.3 is 14.8 Å². The predicted molar refractivity (Wildman–Crippen MR) is 166 cm³/mol. The van der Waals surface area contributed by atoms with Crippen molar-refractivity contribution < 1.29 is 4.79 Å². The summed E-state index contributed by atoms with van der Waals surface area (Å²) in [6.07, 6.45) is 7.50. The van der Waals surface area contributed by atoms with Crippen molar-refractivity contribution in [2.75, 3.05) is 50.7 Å². The molecule has 1 aromatic heterocycles. The Labute approximate surface area is 242 Å². The van der Waals surface area contributed by atoms with Crippen molar-refractivity contribution >= 4 is 34.1 Å². The number of para-hydroxylation sites is 1. The molecule has 2 aliphatic heterocycles. The van der Waals surface area contributed by atoms with Crippen LogP contribution in [0.4, 0.5) is 5.69 Å². The van der Waals surface area contributed by atoms with Gasteiger partial charge >= 0.3 is 0 Å². The van der Waals surface area contributed by atoms with Gasteiger partial charge in [0.2, 0.25) is 0 Å². The standard InChI is InChI=1S/C34H39ClN4O/c35-30-12-9-26(10-13-30)27-15-18-39(19-16-27)34(40)28-11-14-33-32(24-28)29(25-36-33)6-4-5-17-37-20-22-38(23-21-37)31-7-2-1-3-8-31/h1-3,7-14,24-25,27,36H,4-6,15-23H2. The topological polar surface area (TPSA) is 42.6 Å². The second-order valence-electron chi connectivity index (χ2n) is 11.3. The molecule has 2 saturated heterocycles. The summed E-state index contributed by atoms with van der Waals surface area (Å²) in [5.41, 5.74) is 5.89. The van der Waals surface area contributed by atoms with Gasteiger partial charge in [-0.1, -0.05) is 41.9 Å². The number of carbonyl (C=O) groups is 1. The molecule has 0 bridgehead atoms. The predicted octanol–water partition coefficient (Wildman–Crippen LogP) is 6.99. The average molecular weight is 555 g/mol. The Morgan fingerprint density at radius 2 is 1.60 bits per heavy atom. The number of unbranched alkanes of at least 4 members (excludes halogenated alkanes) is 1. The molecule has 3 heterocycles. The quantitative estimate of drug-likeness (QED) is 0.239. The van der Waals surface area contributed by atoms with Gasteiger partial charge in [0.1, 0.15) is 0 Å². The van der Waals surface area contributed by atoms with Gasteiger partial charge in [0.15, 0.2) is 0 Å². The van der Waals surface area contributed by atoms with E-state index in [9.17, 15) is 4.79 Å². The number of benzene rings is 3. The number of likely N-dealkylation sites (tertiary alicyclic amines) is 1. The summed E-state index contributed by atoms with van der Waals surface area (Å²) in [6, 6.07) is 25.1. The summed E-state index contributed by atoms with van der Waals surface area (Å²) in [4.78, 5) is 23.9. The SMILES string of the molecule is O=C(c1ccc2[nH]cc(CCCCN3CCN(c4ccccc4)CC3)c2c1)N1CCC(c2ccc(Cl)cc2)CC1. The fourth-order valence-electron chi connectivity index (χ4n) is 6.37. The lowest BCUT2D eigenvalue weighted by molar-refractivity contribution is 0.0713. The zero-order chi connectivity index (χ0) is 27.3. The third-order valence-corrected chi connectivity index (χ3v) is 9.05. The first-order chi connectivity index (χ1) is 19.6. The number of aryl methyl sites for hydroxylation is 1. The molecule has 0 unspecified atom stereocenters. The van der Waals surface area contributed by atoms with E-state index in [1.54, 1.807) is 0 Å². The minimum atomic E-state index is 0.151. The molecule has 0 saturated carbocycles. The van der Waals surface area contributed by atoms with Gasteiger partial charge in [-0.2, -0.15) is 0 Å². The summed E-state index contributed by atoms with van der Waals surface area (Å²) >= 11 is 6.06. The van der Waals surface area contributed by atoms with E-state index in [2.05, 4.69) is 75.6 Å². The summed E-state index contributed by atoms with van der Waals surface area (Å²) in [5.74, 6) is 0.644. The van der Waals surface area contributed by atoms with Gasteiger partial charge in [-0.15, -0.1) is 0 Å². The molecule has 0 spiro atoms. The maximum Gasteiger partial charge on any atom is 0.253 e. The van der Waals surface area contributed by atoms with Gasteiger partial charge in [-0.05, 0) is 98.2 Å². The second kappa shape index (κ2) is 12.5. The van der Waals surface area contributed by atoms with E-state index in [-0.39, 0.29) is 5.91 Å². The van der Waals surface area contributed by atoms with Gasteiger partial charge in [0.05, 0.1) is 0 Å². The van der Waals surface area contributed by atoms with E-state index in [1.807, 2.05) is 23.1 Å². The molecule has 40 heavy (non-hydrogen) atoms. The molecular weight excluding hydrogens is 516 g/mol. The summed E-state index contributed by atoms with van der Waals surface area (Å²) in [7, 11) is 0. The van der Waals surface area contributed by atoms with E-state index >= 15 is 0 Å². The first kappa shape index (κ1) is 26.9. The molecule has 4 aromatic rings. The van der Waals surface area contributed by atoms with Crippen LogP contribution in [0.3, 0.4) is 0 Å². The van der Waals surface area contributed by atoms with Gasteiger partial charge in [0.25, 0.3) is 5.91 Å². The molecule has 208 valence electrons. The molecule has 2 fully saturated rings. The van der Waals surface area contributed by atoms with Gasteiger partial charge in [-0.25, -0.2) is 0 Å². The number of H-pyrrole nitrogens is 1. The number of hydrogen-bond acceptors (Lipinski definition) is 3. The normalized spacial score (nSPS) is 17.0. The smallest absolute Gasteiger partial charge is 0.253 e. The Kier molecular flexibility index (Phi) is 8.40. The number of nitrogens with zero attached hydrogens (tertiary/aromatic N) is 3. The number of piperidine rings is 1. The lowest BCUT2D eigenvalue weighted by Gasteiger charge is -2.36. The van der Waals surface area contributed by atoms with Crippen LogP contribution in [0.1, 0.15) is 53.1 Å². The van der Waals surface area contributed by atoms with Crippen molar-refractivity contribution in [1.82, 2.24) is 14.8 Å². The number of amides is 1. The number of rotatable bonds is 8. The molecule has 0 radical (unpaired) electrons. The fraction of sp³-hybridized carbons (Fsp3) is 0.382. The molecule has 1 N–H and O–H groups in total. The van der Waals surface area contributed by atoms with E-state index in [4.69, 9.17) is 11.6 Å². The van der Waals surface area contributed by atoms with Crippen molar-refractivity contribution in [3.05, 3.63) is 101 Å². The molecule has 5 nitrogen and oxygen atoms in total. The third kappa shape index (κ3) is 6.21. The number of nitrogens with one attached hydrogen (secondary N) is 1. The minimum absolute atomic E-state index is 0.151. The summed E-state index contributed by atoms with van der Waals surface area (Å²) in [5, 5.41) is 1.96. The highest BCUT2D eigenvalue weighted by Gasteiger charge is 2.25. The maximum absolute atomic E-state index is 13.4. The monoisotopic (exact) mass is 554 g/mol. The Balaban J connectivity index is 0.987. The average Bonchev–Trinajstić information content (AvgIpc) is 3.42. The highest BCUT2D eigenvalue weighted by molar-refractivity contribution is 6.30. The lowest BCUT2D eigenvalue weighted by atomic mass is 9.89. The summed E-state index contributed by atoms with van der Waals surface area (Å²) < 4.78 is 0. The first-order valence-electron chi connectivity index (χ1n) is 14.8. The van der Waals surface area contributed by atoms with E-state index in [0.717, 1.165) is 87.6 Å². The molecule has 0 aliphatic carbocycles. The number of aromatic amines is 1. The first-order valence-corrected chi connectivity index (χ1v) is 15.2. The van der Waals surface area contributed by atoms with Crippen molar-refractivity contribution in [1.29, 1.82) is 0 Å². The lowest BCUT2D eigenvalue weighted by Crippen LogP contribution is -2.46. The highest BCUT2D eigenvalue weighted by atomic mass is 35.5. The number of fused-ring (bicyclic) bond motifs is 1. The Morgan fingerprint density at radius 1 is 0.850 bits per heavy atom. The molecule has 6 heteroatoms. The number of aromatic nitrogens is 1. The zero-order valence-electron chi connectivity index (χ0n) is 23.2. The number of piperazine rings is 1. The van der Waals surface area contributed by atoms with Crippen molar-refractivity contribution in [3.8, 4) is 0 Å². The van der Waals surface area contributed by atoms with Crippen LogP contribution in [0.2, 0.25) is 5.02 Å². The van der Waals surface area contributed by atoms with Crippen molar-refractivity contribution in [2.45, 2.75) is 38.0 Å². The van der Waals surface area contributed by atoms with Crippen molar-refractivity contribution in [3.63, 3.8) is 0 Å². The van der Waals surface area contributed by atoms with Crippen LogP contribution < -0.4 is 4.90 Å². The van der Waals surface area contributed by atoms with Crippen LogP contribution >= 0.6 is 11.6 Å². The molecule has 0 atom stereocenters. The fourth-order valence-corrected chi connectivity index (χ4v) is 6.50. The second-order valence-corrected chi connectivity index (χ2v) is 11.8. The van der Waals surface area contributed by atoms with Crippen LogP contribution in [0.15, 0.2) is 79.0 Å². The molecule has 2 aliphatic rings. The third-order valence-electron chi connectivity index (χ3n) is 8.80. The maximum atomic E-state index is 13.4. The van der Waals surface area contributed by atoms with Crippen molar-refractivity contribution in [2.24, 2.45) is 0 Å². The number of halogens is 1. The van der Waals surface area contributed by atoms with Crippen LogP contribution in [0.5, 0.6) is 0 Å².